The number of alkyl halides is 4. The Labute approximate surface area is 518 Å². The number of hydrogen-bond acceptors (Lipinski definition) is 29. The molecule has 0 bridgehead atoms. The molecule has 33 heteroatoms. The minimum Gasteiger partial charge on any atom is -0.276 e. The maximum atomic E-state index is 13.8. The van der Waals surface area contributed by atoms with E-state index in [-0.39, 0.29) is 66.2 Å². The second kappa shape index (κ2) is 44.6. The van der Waals surface area contributed by atoms with E-state index in [4.69, 9.17) is 99.4 Å². The first kappa shape index (κ1) is 77.2. The van der Waals surface area contributed by atoms with Gasteiger partial charge < -0.3 is 0 Å². The SMILES string of the molecule is C#CC(C#N)N1CN(C(C#N)C#N)CN(C(C#N)C#N)C1.C#CCCN1CN(CCC#N)CN(CCC#N)C1.C#CCN1CN(CC#N)CN(CC#N)C1.C#CCN1CN(CC#N)CN(CC#N)C1F.N#CCN1CN(CC#N)C(C(F)(F)F)N(CC#N)C1. The Bertz CT molecular complexity index is 2700. The van der Waals surface area contributed by atoms with E-state index < -0.39 is 50.0 Å². The predicted octanol–water partition coefficient (Wildman–Crippen LogP) is -0.742. The average molecular weight is 1220 g/mol. The molecule has 29 nitrogen and oxygen atoms in total. The summed E-state index contributed by atoms with van der Waals surface area (Å²) in [6, 6.07) is 23.8. The summed E-state index contributed by atoms with van der Waals surface area (Å²) in [5.41, 5.74) is 0. The number of nitriles is 14. The van der Waals surface area contributed by atoms with E-state index in [0.717, 1.165) is 55.9 Å². The summed E-state index contributed by atoms with van der Waals surface area (Å²) >= 11 is 0. The van der Waals surface area contributed by atoms with Crippen LogP contribution in [0.15, 0.2) is 0 Å². The van der Waals surface area contributed by atoms with Crippen molar-refractivity contribution in [1.29, 1.82) is 73.7 Å². The van der Waals surface area contributed by atoms with E-state index in [9.17, 15) is 17.6 Å². The first-order chi connectivity index (χ1) is 42.9. The maximum absolute atomic E-state index is 13.8. The molecular weight excluding hydrogens is 1150 g/mol. The summed E-state index contributed by atoms with van der Waals surface area (Å²) in [4.78, 5) is 24.8. The highest BCUT2D eigenvalue weighted by Crippen LogP contribution is 2.30. The van der Waals surface area contributed by atoms with Crippen LogP contribution in [0.3, 0.4) is 0 Å². The molecule has 0 aromatic carbocycles. The second-order valence-corrected chi connectivity index (χ2v) is 19.5. The molecule has 0 aliphatic carbocycles. The van der Waals surface area contributed by atoms with Crippen LogP contribution in [0.1, 0.15) is 19.3 Å². The molecule has 0 amide bonds. The number of nitrogens with zero attached hydrogens (tertiary/aromatic N) is 29. The molecule has 2 unspecified atom stereocenters. The Hall–Kier alpha value is -9.78. The van der Waals surface area contributed by atoms with Crippen molar-refractivity contribution in [2.45, 2.75) is 56.1 Å². The largest absolute Gasteiger partial charge is 0.417 e. The summed E-state index contributed by atoms with van der Waals surface area (Å²) in [5, 5.41) is 122. The van der Waals surface area contributed by atoms with Gasteiger partial charge in [0, 0.05) is 38.9 Å². The van der Waals surface area contributed by atoms with Crippen LogP contribution in [0.5, 0.6) is 0 Å². The molecule has 5 heterocycles. The van der Waals surface area contributed by atoms with Crippen molar-refractivity contribution < 1.29 is 17.6 Å². The summed E-state index contributed by atoms with van der Waals surface area (Å²) in [6.07, 6.45) is 14.9. The van der Waals surface area contributed by atoms with Crippen molar-refractivity contribution in [2.24, 2.45) is 0 Å². The van der Waals surface area contributed by atoms with Crippen molar-refractivity contribution >= 4 is 0 Å². The van der Waals surface area contributed by atoms with E-state index in [2.05, 4.69) is 62.7 Å². The lowest BCUT2D eigenvalue weighted by Crippen LogP contribution is -2.66. The highest BCUT2D eigenvalue weighted by atomic mass is 19.4. The summed E-state index contributed by atoms with van der Waals surface area (Å²) in [6.45, 7) is 8.35. The minimum atomic E-state index is -4.56. The monoisotopic (exact) mass is 1220 g/mol. The topological polar surface area (TPSA) is 382 Å². The van der Waals surface area contributed by atoms with Crippen molar-refractivity contribution in [1.82, 2.24) is 73.5 Å². The standard InChI is InChI=1S/C13H10N8.C13H19N5.C10H11F3N6.C10H12FN5.C10H13N5/c1-2-11(3-14)19-8-20(12(4-15)5-16)10-21(9-19)13(6-17)7-18;1-2-3-8-16-11-17(9-4-6-14)13-18(12-16)10-5-7-15;11-10(12,13)9-18(5-2-15)7-17(4-1-14)8-19(9)6-3-16;1-2-5-15-8-14(6-3-12)9-16(7-4-13)10(15)11;1-2-5-13-8-14(6-3-11)10-15(9-13)7-4-12/h1,11-13H,8-10H2;1H,3-5,8-13H2;9H,4-8H2;1,10H,5-9H2;1H,5-10H2. The molecule has 89 heavy (non-hydrogen) atoms. The van der Waals surface area contributed by atoms with Gasteiger partial charge in [0.1, 0.15) is 0 Å². The molecule has 5 aliphatic heterocycles. The van der Waals surface area contributed by atoms with Crippen LogP contribution < -0.4 is 0 Å². The Balaban J connectivity index is 0.000000559. The Morgan fingerprint density at radius 1 is 0.326 bits per heavy atom. The molecule has 462 valence electrons. The van der Waals surface area contributed by atoms with Gasteiger partial charge in [-0.05, 0) is 0 Å². The molecule has 2 atom stereocenters. The third kappa shape index (κ3) is 28.1. The quantitative estimate of drug-likeness (QED) is 0.0706. The maximum Gasteiger partial charge on any atom is 0.417 e. The zero-order chi connectivity index (χ0) is 66.6. The summed E-state index contributed by atoms with van der Waals surface area (Å²) in [7, 11) is 0. The molecule has 0 aromatic rings. The van der Waals surface area contributed by atoms with Crippen LogP contribution in [0.25, 0.3) is 0 Å². The lowest BCUT2D eigenvalue weighted by Gasteiger charge is -2.46. The van der Waals surface area contributed by atoms with E-state index in [0.29, 0.717) is 59.2 Å². The van der Waals surface area contributed by atoms with Crippen LogP contribution >= 0.6 is 0 Å². The first-order valence-corrected chi connectivity index (χ1v) is 26.7. The lowest BCUT2D eigenvalue weighted by molar-refractivity contribution is -0.249. The summed E-state index contributed by atoms with van der Waals surface area (Å²) < 4.78 is 52.8. The molecule has 5 saturated heterocycles. The van der Waals surface area contributed by atoms with Crippen molar-refractivity contribution in [3.05, 3.63) is 0 Å². The fourth-order valence-corrected chi connectivity index (χ4v) is 9.19. The van der Waals surface area contributed by atoms with Gasteiger partial charge in [-0.1, -0.05) is 17.8 Å². The fourth-order valence-electron chi connectivity index (χ4n) is 9.19. The predicted molar refractivity (Wildman–Crippen MR) is 303 cm³/mol. The third-order valence-corrected chi connectivity index (χ3v) is 12.7. The first-order valence-electron chi connectivity index (χ1n) is 26.7. The van der Waals surface area contributed by atoms with Crippen LogP contribution in [-0.2, 0) is 0 Å². The van der Waals surface area contributed by atoms with Gasteiger partial charge in [0.2, 0.25) is 6.42 Å². The molecule has 5 rings (SSSR count). The van der Waals surface area contributed by atoms with E-state index in [1.54, 1.807) is 17.0 Å². The van der Waals surface area contributed by atoms with E-state index in [1.165, 1.54) is 29.4 Å². The van der Waals surface area contributed by atoms with Crippen LogP contribution in [0, 0.1) is 208 Å². The number of terminal acetylenes is 4. The van der Waals surface area contributed by atoms with Crippen LogP contribution in [0.4, 0.5) is 17.6 Å². The molecule has 0 saturated carbocycles. The molecule has 0 N–H and O–H groups in total. The van der Waals surface area contributed by atoms with Gasteiger partial charge in [-0.15, -0.1) is 31.6 Å². The summed E-state index contributed by atoms with van der Waals surface area (Å²) in [5.74, 6) is 9.87. The molecule has 5 aliphatic rings. The minimum absolute atomic E-state index is 0.0236. The number of halogens is 4. The van der Waals surface area contributed by atoms with Gasteiger partial charge in [-0.25, -0.2) is 24.0 Å². The van der Waals surface area contributed by atoms with Crippen LogP contribution in [-0.4, -0.2) is 276 Å². The normalized spacial score (nSPS) is 19.3. The van der Waals surface area contributed by atoms with Gasteiger partial charge in [0.05, 0.1) is 231 Å². The van der Waals surface area contributed by atoms with Crippen molar-refractivity contribution in [2.75, 3.05) is 165 Å². The highest BCUT2D eigenvalue weighted by molar-refractivity contribution is 5.16. The van der Waals surface area contributed by atoms with Crippen molar-refractivity contribution in [3.8, 4) is 134 Å². The Morgan fingerprint density at radius 2 is 0.618 bits per heavy atom. The lowest BCUT2D eigenvalue weighted by atomic mass is 10.2. The molecule has 0 radical (unpaired) electrons. The third-order valence-electron chi connectivity index (χ3n) is 12.7. The zero-order valence-corrected chi connectivity index (χ0v) is 49.0. The molecule has 0 spiro atoms. The van der Waals surface area contributed by atoms with Gasteiger partial charge in [-0.2, -0.15) is 86.8 Å². The van der Waals surface area contributed by atoms with Gasteiger partial charge >= 0.3 is 6.18 Å². The zero-order valence-electron chi connectivity index (χ0n) is 49.0. The molecule has 0 aromatic heterocycles. The number of hydrogen-bond donors (Lipinski definition) is 0. The van der Waals surface area contributed by atoms with Gasteiger partial charge in [0.25, 0.3) is 0 Å². The Morgan fingerprint density at radius 3 is 0.921 bits per heavy atom. The second-order valence-electron chi connectivity index (χ2n) is 19.5. The van der Waals surface area contributed by atoms with Gasteiger partial charge in [0.15, 0.2) is 24.3 Å². The fraction of sp³-hybridized carbons (Fsp3) is 0.607. The smallest absolute Gasteiger partial charge is 0.276 e. The van der Waals surface area contributed by atoms with Gasteiger partial charge in [-0.3, -0.25) is 53.9 Å². The van der Waals surface area contributed by atoms with E-state index in [1.807, 2.05) is 63.3 Å². The molecular formula is C56H65F4N29. The number of rotatable bonds is 18. The molecule has 5 fully saturated rings. The van der Waals surface area contributed by atoms with Crippen molar-refractivity contribution in [3.63, 3.8) is 0 Å². The van der Waals surface area contributed by atoms with Crippen LogP contribution in [0.2, 0.25) is 0 Å². The average Bonchev–Trinajstić information content (AvgIpc) is 3.01. The highest BCUT2D eigenvalue weighted by Gasteiger charge is 2.50. The Kier molecular flexibility index (Phi) is 38.7. The van der Waals surface area contributed by atoms with E-state index >= 15 is 0 Å².